The lowest BCUT2D eigenvalue weighted by Crippen LogP contribution is -2.45. The SMILES string of the molecule is COc1ccccc1[C@H]1Cn2c(C)cnc2CN1C(=O)C1CCOCC1. The second-order valence-electron chi connectivity index (χ2n) is 7.04. The Morgan fingerprint density at radius 2 is 2.04 bits per heavy atom. The Morgan fingerprint density at radius 3 is 2.81 bits per heavy atom. The number of ether oxygens (including phenoxy) is 2. The normalized spacial score (nSPS) is 20.7. The van der Waals surface area contributed by atoms with Crippen molar-refractivity contribution >= 4 is 5.91 Å². The van der Waals surface area contributed by atoms with Gasteiger partial charge in [-0.15, -0.1) is 0 Å². The molecule has 0 spiro atoms. The maximum absolute atomic E-state index is 13.3. The smallest absolute Gasteiger partial charge is 0.226 e. The molecule has 0 bridgehead atoms. The molecule has 0 N–H and O–H groups in total. The molecule has 0 saturated carbocycles. The highest BCUT2D eigenvalue weighted by Crippen LogP contribution is 2.36. The lowest BCUT2D eigenvalue weighted by Gasteiger charge is -2.39. The van der Waals surface area contributed by atoms with Gasteiger partial charge in [-0.1, -0.05) is 18.2 Å². The van der Waals surface area contributed by atoms with Crippen molar-refractivity contribution in [2.24, 2.45) is 5.92 Å². The van der Waals surface area contributed by atoms with E-state index in [-0.39, 0.29) is 17.9 Å². The molecule has 0 radical (unpaired) electrons. The Hall–Kier alpha value is -2.34. The van der Waals surface area contributed by atoms with Crippen LogP contribution in [0.4, 0.5) is 0 Å². The Balaban J connectivity index is 1.72. The maximum Gasteiger partial charge on any atom is 0.226 e. The van der Waals surface area contributed by atoms with Crippen LogP contribution >= 0.6 is 0 Å². The first-order valence-corrected chi connectivity index (χ1v) is 9.21. The molecule has 26 heavy (non-hydrogen) atoms. The number of carbonyl (C=O) groups excluding carboxylic acids is 1. The Bertz CT molecular complexity index is 795. The van der Waals surface area contributed by atoms with Crippen molar-refractivity contribution in [2.45, 2.75) is 38.9 Å². The lowest BCUT2D eigenvalue weighted by atomic mass is 9.95. The van der Waals surface area contributed by atoms with Gasteiger partial charge >= 0.3 is 0 Å². The molecule has 1 atom stereocenters. The van der Waals surface area contributed by atoms with Crippen LogP contribution in [0.1, 0.15) is 36.0 Å². The van der Waals surface area contributed by atoms with Gasteiger partial charge in [0.2, 0.25) is 5.91 Å². The minimum Gasteiger partial charge on any atom is -0.496 e. The van der Waals surface area contributed by atoms with Crippen molar-refractivity contribution in [3.05, 3.63) is 47.5 Å². The van der Waals surface area contributed by atoms with Gasteiger partial charge in [0.05, 0.1) is 19.7 Å². The number of rotatable bonds is 3. The highest BCUT2D eigenvalue weighted by atomic mass is 16.5. The average molecular weight is 355 g/mol. The molecule has 2 aliphatic rings. The molecule has 1 saturated heterocycles. The van der Waals surface area contributed by atoms with Crippen LogP contribution in [0.3, 0.4) is 0 Å². The number of methoxy groups -OCH3 is 1. The molecule has 2 aliphatic heterocycles. The van der Waals surface area contributed by atoms with E-state index in [0.29, 0.717) is 26.3 Å². The molecule has 1 aromatic heterocycles. The van der Waals surface area contributed by atoms with Crippen molar-refractivity contribution in [3.63, 3.8) is 0 Å². The molecule has 3 heterocycles. The fourth-order valence-electron chi connectivity index (χ4n) is 4.04. The maximum atomic E-state index is 13.3. The van der Waals surface area contributed by atoms with Crippen molar-refractivity contribution < 1.29 is 14.3 Å². The lowest BCUT2D eigenvalue weighted by molar-refractivity contribution is -0.143. The molecule has 6 heteroatoms. The van der Waals surface area contributed by atoms with E-state index in [1.54, 1.807) is 7.11 Å². The summed E-state index contributed by atoms with van der Waals surface area (Å²) in [5.74, 6) is 2.01. The molecule has 4 rings (SSSR count). The van der Waals surface area contributed by atoms with Crippen LogP contribution in [0.2, 0.25) is 0 Å². The third kappa shape index (κ3) is 2.98. The standard InChI is InChI=1S/C20H25N3O3/c1-14-11-21-19-13-23(20(24)15-7-9-26-10-8-15)17(12-22(14)19)16-5-3-4-6-18(16)25-2/h3-6,11,15,17H,7-10,12-13H2,1-2H3/t17-/m1/s1. The summed E-state index contributed by atoms with van der Waals surface area (Å²) < 4.78 is 13.2. The van der Waals surface area contributed by atoms with E-state index < -0.39 is 0 Å². The van der Waals surface area contributed by atoms with Gasteiger partial charge in [0, 0.05) is 43.1 Å². The van der Waals surface area contributed by atoms with Crippen molar-refractivity contribution in [3.8, 4) is 5.75 Å². The van der Waals surface area contributed by atoms with E-state index >= 15 is 0 Å². The van der Waals surface area contributed by atoms with Crippen LogP contribution in [-0.4, -0.2) is 40.7 Å². The molecule has 138 valence electrons. The molecule has 1 aromatic carbocycles. The zero-order valence-corrected chi connectivity index (χ0v) is 15.4. The zero-order valence-electron chi connectivity index (χ0n) is 15.4. The number of nitrogens with zero attached hydrogens (tertiary/aromatic N) is 3. The van der Waals surface area contributed by atoms with E-state index in [9.17, 15) is 4.79 Å². The molecular formula is C20H25N3O3. The minimum absolute atomic E-state index is 0.0311. The first kappa shape index (κ1) is 17.1. The number of hydrogen-bond acceptors (Lipinski definition) is 4. The highest BCUT2D eigenvalue weighted by molar-refractivity contribution is 5.79. The largest absolute Gasteiger partial charge is 0.496 e. The van der Waals surface area contributed by atoms with Gasteiger partial charge in [-0.2, -0.15) is 0 Å². The first-order valence-electron chi connectivity index (χ1n) is 9.21. The Kier molecular flexibility index (Phi) is 4.68. The van der Waals surface area contributed by atoms with Gasteiger partial charge in [0.1, 0.15) is 11.6 Å². The van der Waals surface area contributed by atoms with E-state index in [1.165, 1.54) is 0 Å². The van der Waals surface area contributed by atoms with Gasteiger partial charge < -0.3 is 18.9 Å². The van der Waals surface area contributed by atoms with Crippen molar-refractivity contribution in [1.29, 1.82) is 0 Å². The van der Waals surface area contributed by atoms with Gasteiger partial charge in [0.15, 0.2) is 0 Å². The number of amides is 1. The summed E-state index contributed by atoms with van der Waals surface area (Å²) in [5.41, 5.74) is 2.17. The predicted octanol–water partition coefficient (Wildman–Crippen LogP) is 2.71. The quantitative estimate of drug-likeness (QED) is 0.849. The summed E-state index contributed by atoms with van der Waals surface area (Å²) in [7, 11) is 1.68. The van der Waals surface area contributed by atoms with Gasteiger partial charge in [0.25, 0.3) is 0 Å². The van der Waals surface area contributed by atoms with E-state index in [4.69, 9.17) is 9.47 Å². The number of hydrogen-bond donors (Lipinski definition) is 0. The first-order chi connectivity index (χ1) is 12.7. The average Bonchev–Trinajstić information content (AvgIpc) is 3.07. The molecule has 0 aliphatic carbocycles. The number of fused-ring (bicyclic) bond motifs is 1. The van der Waals surface area contributed by atoms with Crippen molar-refractivity contribution in [2.75, 3.05) is 20.3 Å². The second-order valence-corrected chi connectivity index (χ2v) is 7.04. The topological polar surface area (TPSA) is 56.6 Å². The molecule has 1 fully saturated rings. The Labute approximate surface area is 153 Å². The minimum atomic E-state index is -0.0538. The van der Waals surface area contributed by atoms with E-state index in [1.807, 2.05) is 29.3 Å². The zero-order chi connectivity index (χ0) is 18.1. The number of imidazole rings is 1. The summed E-state index contributed by atoms with van der Waals surface area (Å²) in [4.78, 5) is 19.9. The molecule has 0 unspecified atom stereocenters. The predicted molar refractivity (Wildman–Crippen MR) is 96.8 cm³/mol. The van der Waals surface area contributed by atoms with Crippen LogP contribution in [0.5, 0.6) is 5.75 Å². The Morgan fingerprint density at radius 1 is 1.27 bits per heavy atom. The number of aryl methyl sites for hydroxylation is 1. The number of para-hydroxylation sites is 1. The summed E-state index contributed by atoms with van der Waals surface area (Å²) in [5, 5.41) is 0. The summed E-state index contributed by atoms with van der Waals surface area (Å²) in [6, 6.07) is 7.93. The molecule has 1 amide bonds. The summed E-state index contributed by atoms with van der Waals surface area (Å²) >= 11 is 0. The fourth-order valence-corrected chi connectivity index (χ4v) is 4.04. The van der Waals surface area contributed by atoms with E-state index in [2.05, 4.69) is 22.5 Å². The number of benzene rings is 1. The van der Waals surface area contributed by atoms with Crippen LogP contribution in [-0.2, 0) is 22.6 Å². The van der Waals surface area contributed by atoms with Crippen LogP contribution in [0, 0.1) is 12.8 Å². The third-order valence-electron chi connectivity index (χ3n) is 5.53. The second kappa shape index (κ2) is 7.11. The third-order valence-corrected chi connectivity index (χ3v) is 5.53. The molecule has 6 nitrogen and oxygen atoms in total. The van der Waals surface area contributed by atoms with Crippen LogP contribution in [0.15, 0.2) is 30.5 Å². The van der Waals surface area contributed by atoms with Gasteiger partial charge in [-0.3, -0.25) is 4.79 Å². The summed E-state index contributed by atoms with van der Waals surface area (Å²) in [6.45, 7) is 4.63. The van der Waals surface area contributed by atoms with Crippen molar-refractivity contribution in [1.82, 2.24) is 14.5 Å². The summed E-state index contributed by atoms with van der Waals surface area (Å²) in [6.07, 6.45) is 3.47. The number of carbonyl (C=O) groups is 1. The molecule has 2 aromatic rings. The molecular weight excluding hydrogens is 330 g/mol. The monoisotopic (exact) mass is 355 g/mol. The number of aromatic nitrogens is 2. The van der Waals surface area contributed by atoms with Gasteiger partial charge in [-0.25, -0.2) is 4.98 Å². The van der Waals surface area contributed by atoms with E-state index in [0.717, 1.165) is 35.7 Å². The van der Waals surface area contributed by atoms with Crippen LogP contribution in [0.25, 0.3) is 0 Å². The van der Waals surface area contributed by atoms with Gasteiger partial charge in [-0.05, 0) is 25.8 Å². The van der Waals surface area contributed by atoms with Crippen LogP contribution < -0.4 is 4.74 Å². The highest BCUT2D eigenvalue weighted by Gasteiger charge is 2.37. The fraction of sp³-hybridized carbons (Fsp3) is 0.500.